The van der Waals surface area contributed by atoms with E-state index in [1.807, 2.05) is 23.1 Å². The van der Waals surface area contributed by atoms with Crippen LogP contribution in [0.25, 0.3) is 0 Å². The van der Waals surface area contributed by atoms with E-state index in [2.05, 4.69) is 13.0 Å². The number of likely N-dealkylation sites (tertiary alicyclic amines) is 1. The van der Waals surface area contributed by atoms with Crippen LogP contribution in [0.15, 0.2) is 29.2 Å². The molecule has 1 saturated heterocycles. The molecule has 1 fully saturated rings. The summed E-state index contributed by atoms with van der Waals surface area (Å²) >= 11 is 1.58. The number of benzene rings is 1. The lowest BCUT2D eigenvalue weighted by Gasteiger charge is -2.33. The van der Waals surface area contributed by atoms with E-state index in [4.69, 9.17) is 0 Å². The Balaban J connectivity index is 1.97. The van der Waals surface area contributed by atoms with E-state index in [1.54, 1.807) is 25.6 Å². The van der Waals surface area contributed by atoms with Crippen molar-refractivity contribution in [2.45, 2.75) is 50.2 Å². The highest BCUT2D eigenvalue weighted by molar-refractivity contribution is 8.00. The lowest BCUT2D eigenvalue weighted by atomic mass is 9.97. The van der Waals surface area contributed by atoms with Crippen molar-refractivity contribution in [2.75, 3.05) is 12.3 Å². The van der Waals surface area contributed by atoms with Crippen LogP contribution in [0.5, 0.6) is 0 Å². The Hall–Kier alpha value is -1.00. The molecular formula is C16H23NO2S. The van der Waals surface area contributed by atoms with Gasteiger partial charge in [-0.2, -0.15) is 0 Å². The smallest absolute Gasteiger partial charge is 0.233 e. The quantitative estimate of drug-likeness (QED) is 0.868. The summed E-state index contributed by atoms with van der Waals surface area (Å²) in [6, 6.07) is 8.06. The molecule has 0 aliphatic carbocycles. The fraction of sp³-hybridized carbons (Fsp3) is 0.562. The third-order valence-electron chi connectivity index (χ3n) is 3.83. The minimum Gasteiger partial charge on any atom is -0.388 e. The lowest BCUT2D eigenvalue weighted by Crippen LogP contribution is -2.48. The molecule has 1 aromatic rings. The molecule has 1 aromatic carbocycles. The van der Waals surface area contributed by atoms with Crippen molar-refractivity contribution in [1.82, 2.24) is 4.90 Å². The predicted octanol–water partition coefficient (Wildman–Crippen LogP) is 2.85. The fourth-order valence-corrected chi connectivity index (χ4v) is 3.66. The van der Waals surface area contributed by atoms with Crippen LogP contribution in [0, 0.1) is 6.92 Å². The fourth-order valence-electron chi connectivity index (χ4n) is 2.74. The van der Waals surface area contributed by atoms with Gasteiger partial charge in [0.25, 0.3) is 0 Å². The van der Waals surface area contributed by atoms with Crippen LogP contribution in [0.2, 0.25) is 0 Å². The Morgan fingerprint density at radius 1 is 1.45 bits per heavy atom. The van der Waals surface area contributed by atoms with Crippen LogP contribution in [-0.2, 0) is 4.79 Å². The maximum atomic E-state index is 12.4. The van der Waals surface area contributed by atoms with E-state index in [0.29, 0.717) is 5.75 Å². The van der Waals surface area contributed by atoms with Crippen molar-refractivity contribution in [2.24, 2.45) is 0 Å². The monoisotopic (exact) mass is 293 g/mol. The Morgan fingerprint density at radius 3 is 2.80 bits per heavy atom. The minimum absolute atomic E-state index is 0.0486. The Kier molecular flexibility index (Phi) is 4.76. The van der Waals surface area contributed by atoms with Gasteiger partial charge < -0.3 is 10.0 Å². The molecule has 1 N–H and O–H groups in total. The topological polar surface area (TPSA) is 40.5 Å². The van der Waals surface area contributed by atoms with Crippen molar-refractivity contribution >= 4 is 17.7 Å². The summed E-state index contributed by atoms with van der Waals surface area (Å²) in [5.41, 5.74) is 0.380. The summed E-state index contributed by atoms with van der Waals surface area (Å²) in [5.74, 6) is 0.570. The number of carbonyl (C=O) groups excluding carboxylic acids is 1. The van der Waals surface area contributed by atoms with E-state index < -0.39 is 5.60 Å². The zero-order valence-corrected chi connectivity index (χ0v) is 13.2. The van der Waals surface area contributed by atoms with Gasteiger partial charge in [0.05, 0.1) is 17.4 Å². The van der Waals surface area contributed by atoms with E-state index in [1.165, 1.54) is 5.56 Å². The summed E-state index contributed by atoms with van der Waals surface area (Å²) < 4.78 is 0. The molecule has 1 aliphatic rings. The first-order chi connectivity index (χ1) is 9.39. The Bertz CT molecular complexity index is 482. The maximum Gasteiger partial charge on any atom is 0.233 e. The zero-order valence-electron chi connectivity index (χ0n) is 12.4. The van der Waals surface area contributed by atoms with E-state index in [9.17, 15) is 9.90 Å². The van der Waals surface area contributed by atoms with Crippen molar-refractivity contribution < 1.29 is 9.90 Å². The summed E-state index contributed by atoms with van der Waals surface area (Å²) in [7, 11) is 0. The third-order valence-corrected chi connectivity index (χ3v) is 4.99. The molecule has 1 amide bonds. The molecule has 2 rings (SSSR count). The number of hydrogen-bond acceptors (Lipinski definition) is 3. The average molecular weight is 293 g/mol. The minimum atomic E-state index is -0.820. The summed E-state index contributed by atoms with van der Waals surface area (Å²) in [6.45, 7) is 6.40. The molecule has 1 heterocycles. The normalized spacial score (nSPS) is 19.4. The highest BCUT2D eigenvalue weighted by Gasteiger charge is 2.38. The molecule has 0 bridgehead atoms. The second-order valence-corrected chi connectivity index (χ2v) is 6.97. The van der Waals surface area contributed by atoms with Gasteiger partial charge in [0, 0.05) is 11.4 Å². The standard InChI is InChI=1S/C16H23NO2S/c1-12-7-4-5-8-13(12)20-11-15(18)17-10-6-9-14(17)16(2,3)19/h4-5,7-8,14,19H,6,9-11H2,1-3H3/t14-/m0/s1. The predicted molar refractivity (Wildman–Crippen MR) is 82.9 cm³/mol. The van der Waals surface area contributed by atoms with Crippen molar-refractivity contribution in [3.63, 3.8) is 0 Å². The van der Waals surface area contributed by atoms with Gasteiger partial charge in [0.2, 0.25) is 5.91 Å². The first-order valence-corrected chi connectivity index (χ1v) is 8.08. The van der Waals surface area contributed by atoms with E-state index >= 15 is 0 Å². The molecule has 110 valence electrons. The molecule has 0 radical (unpaired) electrons. The molecule has 4 heteroatoms. The Morgan fingerprint density at radius 2 is 2.15 bits per heavy atom. The second kappa shape index (κ2) is 6.19. The number of hydrogen-bond donors (Lipinski definition) is 1. The van der Waals surface area contributed by atoms with Crippen LogP contribution >= 0.6 is 11.8 Å². The molecule has 0 unspecified atom stereocenters. The van der Waals surface area contributed by atoms with Crippen LogP contribution in [-0.4, -0.2) is 39.9 Å². The molecule has 3 nitrogen and oxygen atoms in total. The molecular weight excluding hydrogens is 270 g/mol. The highest BCUT2D eigenvalue weighted by Crippen LogP contribution is 2.29. The summed E-state index contributed by atoms with van der Waals surface area (Å²) in [6.07, 6.45) is 1.87. The number of carbonyl (C=O) groups is 1. The van der Waals surface area contributed by atoms with Crippen LogP contribution in [0.1, 0.15) is 32.3 Å². The summed E-state index contributed by atoms with van der Waals surface area (Å²) in [5, 5.41) is 10.2. The highest BCUT2D eigenvalue weighted by atomic mass is 32.2. The largest absolute Gasteiger partial charge is 0.388 e. The SMILES string of the molecule is Cc1ccccc1SCC(=O)N1CCC[C@H]1C(C)(C)O. The van der Waals surface area contributed by atoms with Gasteiger partial charge in [-0.3, -0.25) is 4.79 Å². The molecule has 0 spiro atoms. The van der Waals surface area contributed by atoms with Gasteiger partial charge in [0.15, 0.2) is 0 Å². The van der Waals surface area contributed by atoms with Crippen molar-refractivity contribution in [3.05, 3.63) is 29.8 Å². The van der Waals surface area contributed by atoms with E-state index in [0.717, 1.165) is 24.3 Å². The van der Waals surface area contributed by atoms with Crippen LogP contribution in [0.3, 0.4) is 0 Å². The molecule has 20 heavy (non-hydrogen) atoms. The molecule has 1 atom stereocenters. The number of aryl methyl sites for hydroxylation is 1. The van der Waals surface area contributed by atoms with Crippen molar-refractivity contribution in [3.8, 4) is 0 Å². The number of amides is 1. The molecule has 0 aromatic heterocycles. The lowest BCUT2D eigenvalue weighted by molar-refractivity contribution is -0.133. The van der Waals surface area contributed by atoms with E-state index in [-0.39, 0.29) is 11.9 Å². The average Bonchev–Trinajstić information content (AvgIpc) is 2.86. The first-order valence-electron chi connectivity index (χ1n) is 7.10. The molecule has 1 aliphatic heterocycles. The second-order valence-electron chi connectivity index (χ2n) is 5.95. The van der Waals surface area contributed by atoms with Gasteiger partial charge in [-0.25, -0.2) is 0 Å². The zero-order chi connectivity index (χ0) is 14.8. The van der Waals surface area contributed by atoms with Gasteiger partial charge in [-0.05, 0) is 45.2 Å². The number of nitrogens with zero attached hydrogens (tertiary/aromatic N) is 1. The van der Waals surface area contributed by atoms with Gasteiger partial charge in [-0.1, -0.05) is 18.2 Å². The van der Waals surface area contributed by atoms with Gasteiger partial charge >= 0.3 is 0 Å². The number of aliphatic hydroxyl groups is 1. The van der Waals surface area contributed by atoms with Gasteiger partial charge in [0.1, 0.15) is 0 Å². The van der Waals surface area contributed by atoms with Crippen LogP contribution in [0.4, 0.5) is 0 Å². The van der Waals surface area contributed by atoms with Crippen LogP contribution < -0.4 is 0 Å². The number of rotatable bonds is 4. The van der Waals surface area contributed by atoms with Gasteiger partial charge in [-0.15, -0.1) is 11.8 Å². The Labute approximate surface area is 125 Å². The summed E-state index contributed by atoms with van der Waals surface area (Å²) in [4.78, 5) is 15.4. The first kappa shape index (κ1) is 15.4. The number of thioether (sulfide) groups is 1. The maximum absolute atomic E-state index is 12.4. The third kappa shape index (κ3) is 3.55. The van der Waals surface area contributed by atoms with Crippen molar-refractivity contribution in [1.29, 1.82) is 0 Å². The molecule has 0 saturated carbocycles.